The van der Waals surface area contributed by atoms with Gasteiger partial charge in [0.05, 0.1) is 12.7 Å². The summed E-state index contributed by atoms with van der Waals surface area (Å²) in [5.41, 5.74) is 4.34. The topological polar surface area (TPSA) is 45.5 Å². The molecule has 1 aromatic carbocycles. The van der Waals surface area contributed by atoms with Gasteiger partial charge in [-0.15, -0.1) is 0 Å². The predicted molar refractivity (Wildman–Crippen MR) is 97.2 cm³/mol. The maximum Gasteiger partial charge on any atom is 0.227 e. The molecule has 3 rings (SSSR count). The summed E-state index contributed by atoms with van der Waals surface area (Å²) in [6.07, 6.45) is 4.39. The van der Waals surface area contributed by atoms with Crippen LogP contribution in [0.15, 0.2) is 22.8 Å². The molecule has 2 aromatic rings. The van der Waals surface area contributed by atoms with Crippen molar-refractivity contribution in [3.8, 4) is 0 Å². The Balaban J connectivity index is 1.63. The van der Waals surface area contributed by atoms with E-state index >= 15 is 0 Å². The highest BCUT2D eigenvalue weighted by atomic mass is 16.3. The van der Waals surface area contributed by atoms with E-state index in [1.54, 1.807) is 6.26 Å². The van der Waals surface area contributed by atoms with Gasteiger partial charge in [-0.2, -0.15) is 0 Å². The molecule has 1 aromatic heterocycles. The number of rotatable bonds is 5. The number of carbonyl (C=O) groups excluding carboxylic acids is 1. The summed E-state index contributed by atoms with van der Waals surface area (Å²) in [6, 6.07) is 4.20. The van der Waals surface area contributed by atoms with E-state index < -0.39 is 0 Å². The smallest absolute Gasteiger partial charge is 0.227 e. The van der Waals surface area contributed by atoms with E-state index in [1.807, 2.05) is 4.90 Å². The lowest BCUT2D eigenvalue weighted by molar-refractivity contribution is -0.131. The predicted octanol–water partition coefficient (Wildman–Crippen LogP) is 3.44. The number of fused-ring (bicyclic) bond motifs is 1. The molecule has 0 atom stereocenters. The normalized spacial score (nSPS) is 16.0. The van der Waals surface area contributed by atoms with Gasteiger partial charge in [0.15, 0.2) is 0 Å². The van der Waals surface area contributed by atoms with Gasteiger partial charge in [-0.05, 0) is 69.0 Å². The number of nitrogens with one attached hydrogen (secondary N) is 1. The third kappa shape index (κ3) is 3.64. The van der Waals surface area contributed by atoms with Crippen molar-refractivity contribution in [2.45, 2.75) is 40.0 Å². The van der Waals surface area contributed by atoms with Gasteiger partial charge in [0.1, 0.15) is 5.58 Å². The molecule has 1 amide bonds. The third-order valence-electron chi connectivity index (χ3n) is 5.26. The molecule has 0 unspecified atom stereocenters. The molecule has 4 heteroatoms. The number of likely N-dealkylation sites (tertiary alicyclic amines) is 1. The van der Waals surface area contributed by atoms with Crippen LogP contribution in [0.2, 0.25) is 0 Å². The Morgan fingerprint density at radius 3 is 2.67 bits per heavy atom. The zero-order valence-electron chi connectivity index (χ0n) is 15.0. The number of nitrogens with zero attached hydrogens (tertiary/aromatic N) is 1. The average molecular weight is 328 g/mol. The van der Waals surface area contributed by atoms with Gasteiger partial charge in [0.25, 0.3) is 0 Å². The first-order valence-electron chi connectivity index (χ1n) is 9.04. The number of hydrogen-bond donors (Lipinski definition) is 1. The summed E-state index contributed by atoms with van der Waals surface area (Å²) in [4.78, 5) is 14.7. The van der Waals surface area contributed by atoms with Crippen molar-refractivity contribution in [1.29, 1.82) is 0 Å². The van der Waals surface area contributed by atoms with Crippen molar-refractivity contribution < 1.29 is 9.21 Å². The highest BCUT2D eigenvalue weighted by Gasteiger charge is 2.23. The first kappa shape index (κ1) is 17.0. The number of aryl methyl sites for hydroxylation is 2. The van der Waals surface area contributed by atoms with Crippen LogP contribution in [0.5, 0.6) is 0 Å². The van der Waals surface area contributed by atoms with Gasteiger partial charge in [-0.1, -0.05) is 6.92 Å². The first-order valence-corrected chi connectivity index (χ1v) is 9.04. The Labute approximate surface area is 144 Å². The van der Waals surface area contributed by atoms with E-state index in [2.05, 4.69) is 38.2 Å². The Hall–Kier alpha value is -1.81. The number of benzene rings is 1. The largest absolute Gasteiger partial charge is 0.464 e. The Bertz CT molecular complexity index is 712. The van der Waals surface area contributed by atoms with Gasteiger partial charge in [-0.25, -0.2) is 0 Å². The van der Waals surface area contributed by atoms with Crippen LogP contribution in [0.4, 0.5) is 0 Å². The third-order valence-corrected chi connectivity index (χ3v) is 5.26. The number of hydrogen-bond acceptors (Lipinski definition) is 3. The Morgan fingerprint density at radius 1 is 1.25 bits per heavy atom. The lowest BCUT2D eigenvalue weighted by Gasteiger charge is -2.32. The molecule has 1 N–H and O–H groups in total. The number of amides is 1. The molecule has 0 radical (unpaired) electrons. The quantitative estimate of drug-likeness (QED) is 0.914. The molecule has 1 fully saturated rings. The van der Waals surface area contributed by atoms with Gasteiger partial charge >= 0.3 is 0 Å². The molecule has 0 spiro atoms. The fourth-order valence-electron chi connectivity index (χ4n) is 3.48. The van der Waals surface area contributed by atoms with Crippen LogP contribution in [-0.4, -0.2) is 37.0 Å². The summed E-state index contributed by atoms with van der Waals surface area (Å²) in [5, 5.41) is 4.49. The Morgan fingerprint density at radius 2 is 1.96 bits per heavy atom. The minimum Gasteiger partial charge on any atom is -0.464 e. The standard InChI is InChI=1S/C20H28N2O2/c1-4-21-12-16-5-7-22(8-6-16)20(23)11-17-13-24-19-10-15(3)14(2)9-18(17)19/h9-10,13,16,21H,4-8,11-12H2,1-3H3. The molecule has 0 aliphatic carbocycles. The van der Waals surface area contributed by atoms with Crippen molar-refractivity contribution in [3.05, 3.63) is 35.1 Å². The minimum absolute atomic E-state index is 0.220. The van der Waals surface area contributed by atoms with Crippen molar-refractivity contribution in [1.82, 2.24) is 10.2 Å². The second-order valence-corrected chi connectivity index (χ2v) is 7.00. The van der Waals surface area contributed by atoms with E-state index in [-0.39, 0.29) is 5.91 Å². The number of carbonyl (C=O) groups is 1. The van der Waals surface area contributed by atoms with Crippen LogP contribution in [0.3, 0.4) is 0 Å². The van der Waals surface area contributed by atoms with Crippen LogP contribution in [-0.2, 0) is 11.2 Å². The maximum absolute atomic E-state index is 12.7. The molecule has 2 heterocycles. The minimum atomic E-state index is 0.220. The van der Waals surface area contributed by atoms with Crippen LogP contribution in [0.25, 0.3) is 11.0 Å². The van der Waals surface area contributed by atoms with E-state index in [1.165, 1.54) is 11.1 Å². The molecule has 1 aliphatic rings. The summed E-state index contributed by atoms with van der Waals surface area (Å²) in [6.45, 7) is 10.2. The van der Waals surface area contributed by atoms with Crippen molar-refractivity contribution >= 4 is 16.9 Å². The van der Waals surface area contributed by atoms with Crippen molar-refractivity contribution in [2.24, 2.45) is 5.92 Å². The van der Waals surface area contributed by atoms with Gasteiger partial charge < -0.3 is 14.6 Å². The van der Waals surface area contributed by atoms with Gasteiger partial charge in [0.2, 0.25) is 5.91 Å². The lowest BCUT2D eigenvalue weighted by atomic mass is 9.96. The zero-order chi connectivity index (χ0) is 17.1. The van der Waals surface area contributed by atoms with E-state index in [0.717, 1.165) is 55.6 Å². The maximum atomic E-state index is 12.7. The SMILES string of the molecule is CCNCC1CCN(C(=O)Cc2coc3cc(C)c(C)cc23)CC1. The molecule has 130 valence electrons. The van der Waals surface area contributed by atoms with Gasteiger partial charge in [-0.3, -0.25) is 4.79 Å². The van der Waals surface area contributed by atoms with Crippen molar-refractivity contribution in [2.75, 3.05) is 26.2 Å². The fourth-order valence-corrected chi connectivity index (χ4v) is 3.48. The average Bonchev–Trinajstić information content (AvgIpc) is 2.95. The summed E-state index contributed by atoms with van der Waals surface area (Å²) in [5.74, 6) is 0.923. The Kier molecular flexibility index (Phi) is 5.24. The molecule has 1 saturated heterocycles. The van der Waals surface area contributed by atoms with Gasteiger partial charge in [0, 0.05) is 24.0 Å². The second kappa shape index (κ2) is 7.39. The fraction of sp³-hybridized carbons (Fsp3) is 0.550. The highest BCUT2D eigenvalue weighted by Crippen LogP contribution is 2.26. The van der Waals surface area contributed by atoms with Crippen LogP contribution in [0.1, 0.15) is 36.5 Å². The highest BCUT2D eigenvalue weighted by molar-refractivity contribution is 5.88. The zero-order valence-corrected chi connectivity index (χ0v) is 15.0. The molecule has 4 nitrogen and oxygen atoms in total. The lowest BCUT2D eigenvalue weighted by Crippen LogP contribution is -2.41. The molecule has 0 bridgehead atoms. The van der Waals surface area contributed by atoms with Crippen molar-refractivity contribution in [3.63, 3.8) is 0 Å². The van der Waals surface area contributed by atoms with Crippen LogP contribution in [0, 0.1) is 19.8 Å². The van der Waals surface area contributed by atoms with Crippen LogP contribution < -0.4 is 5.32 Å². The number of piperidine rings is 1. The van der Waals surface area contributed by atoms with E-state index in [0.29, 0.717) is 12.3 Å². The molecule has 0 saturated carbocycles. The second-order valence-electron chi connectivity index (χ2n) is 7.00. The summed E-state index contributed by atoms with van der Waals surface area (Å²) >= 11 is 0. The summed E-state index contributed by atoms with van der Waals surface area (Å²) in [7, 11) is 0. The first-order chi connectivity index (χ1) is 11.6. The summed E-state index contributed by atoms with van der Waals surface area (Å²) < 4.78 is 5.66. The molecule has 1 aliphatic heterocycles. The molecular formula is C20H28N2O2. The number of furan rings is 1. The van der Waals surface area contributed by atoms with E-state index in [9.17, 15) is 4.79 Å². The van der Waals surface area contributed by atoms with Crippen LogP contribution >= 0.6 is 0 Å². The van der Waals surface area contributed by atoms with E-state index in [4.69, 9.17) is 4.42 Å². The molecular weight excluding hydrogens is 300 g/mol. The monoisotopic (exact) mass is 328 g/mol. The molecule has 24 heavy (non-hydrogen) atoms.